The number of hydrogen-bond donors (Lipinski definition) is 3. The van der Waals surface area contributed by atoms with E-state index in [0.29, 0.717) is 31.2 Å². The van der Waals surface area contributed by atoms with Gasteiger partial charge in [0.15, 0.2) is 5.03 Å². The summed E-state index contributed by atoms with van der Waals surface area (Å²) in [5.74, 6) is -0.137. The Morgan fingerprint density at radius 2 is 2.33 bits per heavy atom. The van der Waals surface area contributed by atoms with Gasteiger partial charge in [-0.25, -0.2) is 14.9 Å². The lowest BCUT2D eigenvalue weighted by Crippen LogP contribution is -2.24. The molecule has 0 aromatic heterocycles. The first kappa shape index (κ1) is 17.5. The van der Waals surface area contributed by atoms with E-state index in [-0.39, 0.29) is 11.9 Å². The molecule has 0 bridgehead atoms. The highest BCUT2D eigenvalue weighted by Gasteiger charge is 2.18. The second-order valence-corrected chi connectivity index (χ2v) is 5.33. The number of carbonyl (C=O) groups excluding carboxylic acids is 1. The first-order valence-electron chi connectivity index (χ1n) is 7.31. The number of nitrogens with one attached hydrogen (secondary N) is 2. The van der Waals surface area contributed by atoms with E-state index >= 15 is 0 Å². The third-order valence-corrected chi connectivity index (χ3v) is 3.41. The maximum Gasteiger partial charge on any atom is 0.411 e. The molecule has 0 radical (unpaired) electrons. The molecule has 1 amide bonds. The molecule has 0 spiro atoms. The Morgan fingerprint density at radius 1 is 1.54 bits per heavy atom. The minimum Gasteiger partial charge on any atom is -0.449 e. The van der Waals surface area contributed by atoms with Crippen molar-refractivity contribution < 1.29 is 19.3 Å². The van der Waals surface area contributed by atoms with Crippen LogP contribution in [0.15, 0.2) is 23.3 Å². The van der Waals surface area contributed by atoms with Crippen LogP contribution >= 0.6 is 0 Å². The van der Waals surface area contributed by atoms with Crippen molar-refractivity contribution in [2.75, 3.05) is 30.5 Å². The molecule has 1 fully saturated rings. The highest BCUT2D eigenvalue weighted by atomic mass is 16.7. The quantitative estimate of drug-likeness (QED) is 0.320. The van der Waals surface area contributed by atoms with Crippen molar-refractivity contribution in [1.29, 1.82) is 0 Å². The van der Waals surface area contributed by atoms with E-state index in [1.807, 2.05) is 0 Å². The van der Waals surface area contributed by atoms with Gasteiger partial charge in [0.1, 0.15) is 5.10 Å². The van der Waals surface area contributed by atoms with Crippen molar-refractivity contribution in [2.24, 2.45) is 16.8 Å². The van der Waals surface area contributed by atoms with Gasteiger partial charge in [0.05, 0.1) is 13.2 Å². The Kier molecular flexibility index (Phi) is 5.90. The highest BCUT2D eigenvalue weighted by molar-refractivity contribution is 5.93. The molecule has 10 nitrogen and oxygen atoms in total. The molecule has 1 aliphatic heterocycles. The third kappa shape index (κ3) is 5.39. The lowest BCUT2D eigenvalue weighted by atomic mass is 10.1. The topological polar surface area (TPSA) is 141 Å². The van der Waals surface area contributed by atoms with E-state index in [0.717, 1.165) is 12.0 Å². The van der Waals surface area contributed by atoms with E-state index < -0.39 is 11.1 Å². The van der Waals surface area contributed by atoms with Crippen molar-refractivity contribution >= 4 is 23.4 Å². The minimum atomic E-state index is -0.903. The minimum absolute atomic E-state index is 0.225. The summed E-state index contributed by atoms with van der Waals surface area (Å²) in [7, 11) is 0. The average molecular weight is 337 g/mol. The van der Waals surface area contributed by atoms with Crippen molar-refractivity contribution in [1.82, 2.24) is 0 Å². The van der Waals surface area contributed by atoms with Crippen LogP contribution in [0.25, 0.3) is 0 Å². The second-order valence-electron chi connectivity index (χ2n) is 5.33. The summed E-state index contributed by atoms with van der Waals surface area (Å²) >= 11 is 0. The Morgan fingerprint density at radius 3 is 3.00 bits per heavy atom. The number of nitro groups is 1. The monoisotopic (exact) mass is 337 g/mol. The van der Waals surface area contributed by atoms with Crippen LogP contribution < -0.4 is 16.4 Å². The number of ether oxygens (including phenoxy) is 2. The molecule has 1 aliphatic rings. The zero-order chi connectivity index (χ0) is 17.5. The molecule has 0 aliphatic carbocycles. The summed E-state index contributed by atoms with van der Waals surface area (Å²) < 4.78 is 10.4. The van der Waals surface area contributed by atoms with Gasteiger partial charge in [-0.3, -0.25) is 5.32 Å². The standard InChI is InChI=1S/C14H19N5O5/c1-9-2-3-11(16-13(15)18-19(21)22)6-12(9)17-14(20)24-8-10-4-5-23-7-10/h2-3,6,10H,4-5,7-8H2,1H3,(H,17,20)(H3,15,16,18)/t10-/m1/s1. The number of amides is 1. The van der Waals surface area contributed by atoms with Crippen LogP contribution in [-0.4, -0.2) is 36.9 Å². The molecular formula is C14H19N5O5. The van der Waals surface area contributed by atoms with E-state index in [1.165, 1.54) is 0 Å². The Balaban J connectivity index is 1.94. The van der Waals surface area contributed by atoms with Crippen LogP contribution in [0.5, 0.6) is 0 Å². The molecule has 2 rings (SSSR count). The summed E-state index contributed by atoms with van der Waals surface area (Å²) in [6, 6.07) is 4.96. The van der Waals surface area contributed by atoms with Crippen LogP contribution in [0.3, 0.4) is 0 Å². The maximum absolute atomic E-state index is 11.9. The number of hydrazone groups is 1. The Hall–Kier alpha value is -2.88. The molecule has 1 aromatic carbocycles. The molecule has 1 atom stereocenters. The van der Waals surface area contributed by atoms with Gasteiger partial charge < -0.3 is 20.5 Å². The first-order chi connectivity index (χ1) is 11.4. The molecule has 24 heavy (non-hydrogen) atoms. The number of anilines is 2. The Bertz CT molecular complexity index is 642. The smallest absolute Gasteiger partial charge is 0.411 e. The number of rotatable bonds is 5. The molecule has 0 saturated carbocycles. The van der Waals surface area contributed by atoms with Gasteiger partial charge >= 0.3 is 6.09 Å². The number of aryl methyl sites for hydroxylation is 1. The summed E-state index contributed by atoms with van der Waals surface area (Å²) in [5, 5.41) is 17.5. The van der Waals surface area contributed by atoms with Gasteiger partial charge in [0.25, 0.3) is 5.96 Å². The SMILES string of the molecule is Cc1ccc(N/C(N)=N\[N+](=O)[O-])cc1NC(=O)OC[C@@H]1CCOC1. The van der Waals surface area contributed by atoms with Crippen molar-refractivity contribution in [3.05, 3.63) is 33.9 Å². The fraction of sp³-hybridized carbons (Fsp3) is 0.429. The largest absolute Gasteiger partial charge is 0.449 e. The van der Waals surface area contributed by atoms with Gasteiger partial charge in [0.2, 0.25) is 0 Å². The van der Waals surface area contributed by atoms with E-state index in [1.54, 1.807) is 25.1 Å². The second kappa shape index (κ2) is 8.11. The van der Waals surface area contributed by atoms with Crippen LogP contribution in [0, 0.1) is 23.0 Å². The zero-order valence-corrected chi connectivity index (χ0v) is 13.2. The molecule has 1 heterocycles. The molecule has 10 heteroatoms. The van der Waals surface area contributed by atoms with Crippen molar-refractivity contribution in [3.8, 4) is 0 Å². The number of carbonyl (C=O) groups is 1. The van der Waals surface area contributed by atoms with Gasteiger partial charge in [0, 0.05) is 23.9 Å². The first-order valence-corrected chi connectivity index (χ1v) is 7.31. The Labute approximate surface area is 138 Å². The molecule has 1 aromatic rings. The lowest BCUT2D eigenvalue weighted by Gasteiger charge is -2.13. The van der Waals surface area contributed by atoms with Crippen LogP contribution in [-0.2, 0) is 9.47 Å². The predicted octanol–water partition coefficient (Wildman–Crippen LogP) is 1.50. The third-order valence-electron chi connectivity index (χ3n) is 3.41. The zero-order valence-electron chi connectivity index (χ0n) is 13.2. The van der Waals surface area contributed by atoms with Gasteiger partial charge in [-0.1, -0.05) is 6.07 Å². The number of nitrogens with zero attached hydrogens (tertiary/aromatic N) is 2. The highest BCUT2D eigenvalue weighted by Crippen LogP contribution is 2.21. The summed E-state index contributed by atoms with van der Waals surface area (Å²) in [6.45, 7) is 3.39. The van der Waals surface area contributed by atoms with Crippen molar-refractivity contribution in [3.63, 3.8) is 0 Å². The normalized spacial score (nSPS) is 17.4. The van der Waals surface area contributed by atoms with E-state index in [4.69, 9.17) is 15.2 Å². The molecule has 130 valence electrons. The molecule has 0 unspecified atom stereocenters. The van der Waals surface area contributed by atoms with Crippen molar-refractivity contribution in [2.45, 2.75) is 13.3 Å². The van der Waals surface area contributed by atoms with Gasteiger partial charge in [-0.15, -0.1) is 0 Å². The maximum atomic E-state index is 11.9. The number of benzene rings is 1. The fourth-order valence-corrected chi connectivity index (χ4v) is 2.15. The molecule has 1 saturated heterocycles. The average Bonchev–Trinajstić information content (AvgIpc) is 3.01. The molecular weight excluding hydrogens is 318 g/mol. The van der Waals surface area contributed by atoms with Gasteiger partial charge in [-0.05, 0) is 31.0 Å². The number of guanidine groups is 1. The van der Waals surface area contributed by atoms with Crippen LogP contribution in [0.4, 0.5) is 16.2 Å². The fourth-order valence-electron chi connectivity index (χ4n) is 2.15. The predicted molar refractivity (Wildman–Crippen MR) is 87.3 cm³/mol. The summed E-state index contributed by atoms with van der Waals surface area (Å²) in [4.78, 5) is 22.1. The number of nitrogens with two attached hydrogens (primary N) is 1. The number of hydrogen-bond acceptors (Lipinski definition) is 5. The lowest BCUT2D eigenvalue weighted by molar-refractivity contribution is -0.485. The van der Waals surface area contributed by atoms with Crippen LogP contribution in [0.2, 0.25) is 0 Å². The molecule has 4 N–H and O–H groups in total. The summed E-state index contributed by atoms with van der Waals surface area (Å²) in [6.07, 6.45) is 0.301. The van der Waals surface area contributed by atoms with E-state index in [2.05, 4.69) is 15.7 Å². The summed E-state index contributed by atoms with van der Waals surface area (Å²) in [5.41, 5.74) is 7.13. The van der Waals surface area contributed by atoms with E-state index in [9.17, 15) is 14.9 Å². The van der Waals surface area contributed by atoms with Gasteiger partial charge in [-0.2, -0.15) is 0 Å². The van der Waals surface area contributed by atoms with Crippen LogP contribution in [0.1, 0.15) is 12.0 Å².